The van der Waals surface area contributed by atoms with E-state index in [1.54, 1.807) is 11.9 Å². The van der Waals surface area contributed by atoms with Gasteiger partial charge in [-0.2, -0.15) is 0 Å². The van der Waals surface area contributed by atoms with E-state index in [1.807, 2.05) is 0 Å². The molecule has 6 nitrogen and oxygen atoms in total. The summed E-state index contributed by atoms with van der Waals surface area (Å²) in [6.45, 7) is 9.53. The van der Waals surface area contributed by atoms with E-state index in [0.717, 1.165) is 26.2 Å². The lowest BCUT2D eigenvalue weighted by atomic mass is 9.79. The van der Waals surface area contributed by atoms with Crippen LogP contribution in [0.2, 0.25) is 0 Å². The van der Waals surface area contributed by atoms with Crippen LogP contribution >= 0.6 is 0 Å². The molecule has 2 rings (SSSR count). The molecule has 24 heavy (non-hydrogen) atoms. The minimum Gasteiger partial charge on any atom is -0.390 e. The predicted octanol–water partition coefficient (Wildman–Crippen LogP) is 1.06. The number of nitrogens with one attached hydrogen (secondary N) is 1. The zero-order valence-electron chi connectivity index (χ0n) is 15.9. The summed E-state index contributed by atoms with van der Waals surface area (Å²) in [6, 6.07) is 0.196. The van der Waals surface area contributed by atoms with Crippen LogP contribution in [-0.4, -0.2) is 91.3 Å². The predicted molar refractivity (Wildman–Crippen MR) is 97.1 cm³/mol. The smallest absolute Gasteiger partial charge is 0.317 e. The van der Waals surface area contributed by atoms with E-state index in [4.69, 9.17) is 0 Å². The molecule has 0 aromatic carbocycles. The topological polar surface area (TPSA) is 59.1 Å². The molecule has 140 valence electrons. The first-order chi connectivity index (χ1) is 11.4. The van der Waals surface area contributed by atoms with Crippen molar-refractivity contribution in [3.8, 4) is 0 Å². The Labute approximate surface area is 147 Å². The number of carbonyl (C=O) groups is 1. The molecular formula is C18H36N4O2. The van der Waals surface area contributed by atoms with Gasteiger partial charge in [-0.05, 0) is 31.7 Å². The Morgan fingerprint density at radius 1 is 1.21 bits per heavy atom. The summed E-state index contributed by atoms with van der Waals surface area (Å²) in [7, 11) is 3.90. The minimum atomic E-state index is -0.495. The van der Waals surface area contributed by atoms with Crippen LogP contribution in [0.25, 0.3) is 0 Å². The summed E-state index contributed by atoms with van der Waals surface area (Å²) in [5.41, 5.74) is 0. The molecule has 1 aliphatic heterocycles. The SMILES string of the molecule is C[C@@H]1CCC[C@H](C)C1NC(=O)N(C)C[C@H](O)CN1CCN(C)CC1. The van der Waals surface area contributed by atoms with Gasteiger partial charge in [-0.25, -0.2) is 4.79 Å². The fourth-order valence-electron chi connectivity index (χ4n) is 4.00. The normalized spacial score (nSPS) is 30.8. The molecule has 2 amide bonds. The van der Waals surface area contributed by atoms with Crippen LogP contribution < -0.4 is 5.32 Å². The average Bonchev–Trinajstić information content (AvgIpc) is 2.53. The van der Waals surface area contributed by atoms with Crippen molar-refractivity contribution in [2.24, 2.45) is 11.8 Å². The molecule has 0 aromatic heterocycles. The molecule has 1 saturated carbocycles. The number of aliphatic hydroxyl groups excluding tert-OH is 1. The maximum atomic E-state index is 12.5. The number of piperazine rings is 1. The number of nitrogens with zero attached hydrogens (tertiary/aromatic N) is 3. The third kappa shape index (κ3) is 5.60. The van der Waals surface area contributed by atoms with E-state index in [-0.39, 0.29) is 12.1 Å². The van der Waals surface area contributed by atoms with Crippen LogP contribution in [0.1, 0.15) is 33.1 Å². The third-order valence-corrected chi connectivity index (χ3v) is 5.73. The number of β-amino-alcohol motifs (C(OH)–C–C–N with tert-alkyl or cyclic N) is 1. The van der Waals surface area contributed by atoms with Crippen molar-refractivity contribution in [1.29, 1.82) is 0 Å². The second-order valence-electron chi connectivity index (χ2n) is 8.00. The summed E-state index contributed by atoms with van der Waals surface area (Å²) in [5.74, 6) is 1.06. The fraction of sp³-hybridized carbons (Fsp3) is 0.944. The molecule has 1 saturated heterocycles. The molecule has 2 N–H and O–H groups in total. The zero-order valence-corrected chi connectivity index (χ0v) is 15.9. The van der Waals surface area contributed by atoms with Gasteiger partial charge in [-0.3, -0.25) is 4.90 Å². The molecule has 0 radical (unpaired) electrons. The molecule has 2 aliphatic rings. The van der Waals surface area contributed by atoms with Crippen LogP contribution in [0.15, 0.2) is 0 Å². The number of rotatable bonds is 5. The Morgan fingerprint density at radius 3 is 2.38 bits per heavy atom. The second-order valence-corrected chi connectivity index (χ2v) is 8.00. The number of amides is 2. The van der Waals surface area contributed by atoms with Crippen molar-refractivity contribution in [3.63, 3.8) is 0 Å². The zero-order chi connectivity index (χ0) is 17.7. The second kappa shape index (κ2) is 9.02. The first-order valence-corrected chi connectivity index (χ1v) is 9.47. The van der Waals surface area contributed by atoms with Gasteiger partial charge >= 0.3 is 6.03 Å². The largest absolute Gasteiger partial charge is 0.390 e. The van der Waals surface area contributed by atoms with Crippen LogP contribution in [0.3, 0.4) is 0 Å². The Morgan fingerprint density at radius 2 is 1.79 bits per heavy atom. The highest BCUT2D eigenvalue weighted by molar-refractivity contribution is 5.74. The molecule has 1 heterocycles. The average molecular weight is 341 g/mol. The van der Waals surface area contributed by atoms with E-state index in [2.05, 4.69) is 36.0 Å². The van der Waals surface area contributed by atoms with Gasteiger partial charge in [-0.15, -0.1) is 0 Å². The van der Waals surface area contributed by atoms with Crippen molar-refractivity contribution in [1.82, 2.24) is 20.0 Å². The van der Waals surface area contributed by atoms with Gasteiger partial charge in [0.2, 0.25) is 0 Å². The van der Waals surface area contributed by atoms with Crippen LogP contribution in [0.4, 0.5) is 4.79 Å². The van der Waals surface area contributed by atoms with Crippen LogP contribution in [0.5, 0.6) is 0 Å². The van der Waals surface area contributed by atoms with Gasteiger partial charge in [0.25, 0.3) is 0 Å². The molecule has 0 bridgehead atoms. The Balaban J connectivity index is 1.74. The summed E-state index contributed by atoms with van der Waals surface area (Å²) in [4.78, 5) is 18.7. The lowest BCUT2D eigenvalue weighted by Crippen LogP contribution is -2.52. The maximum absolute atomic E-state index is 12.5. The number of hydrogen-bond donors (Lipinski definition) is 2. The van der Waals surface area contributed by atoms with Gasteiger partial charge < -0.3 is 20.2 Å². The van der Waals surface area contributed by atoms with Crippen LogP contribution in [0, 0.1) is 11.8 Å². The molecule has 0 spiro atoms. The lowest BCUT2D eigenvalue weighted by molar-refractivity contribution is 0.0646. The van der Waals surface area contributed by atoms with Crippen molar-refractivity contribution in [2.45, 2.75) is 45.3 Å². The first-order valence-electron chi connectivity index (χ1n) is 9.47. The maximum Gasteiger partial charge on any atom is 0.317 e. The van der Waals surface area contributed by atoms with E-state index >= 15 is 0 Å². The molecule has 6 heteroatoms. The highest BCUT2D eigenvalue weighted by atomic mass is 16.3. The lowest BCUT2D eigenvalue weighted by Gasteiger charge is -2.37. The van der Waals surface area contributed by atoms with Crippen molar-refractivity contribution in [2.75, 3.05) is 53.4 Å². The molecule has 0 aromatic rings. The summed E-state index contributed by atoms with van der Waals surface area (Å²) < 4.78 is 0. The summed E-state index contributed by atoms with van der Waals surface area (Å²) in [5, 5.41) is 13.5. The van der Waals surface area contributed by atoms with Gasteiger partial charge in [0.15, 0.2) is 0 Å². The highest BCUT2D eigenvalue weighted by Crippen LogP contribution is 2.28. The van der Waals surface area contributed by atoms with Crippen molar-refractivity contribution >= 4 is 6.03 Å². The monoisotopic (exact) mass is 340 g/mol. The van der Waals surface area contributed by atoms with Gasteiger partial charge in [-0.1, -0.05) is 20.3 Å². The Hall–Kier alpha value is -0.850. The standard InChI is InChI=1S/C18H36N4O2/c1-14-6-5-7-15(2)17(14)19-18(24)21(4)12-16(23)13-22-10-8-20(3)9-11-22/h14-17,23H,5-13H2,1-4H3,(H,19,24)/t14-,15+,16-,17?/m0/s1. The molecular weight excluding hydrogens is 304 g/mol. The van der Waals surface area contributed by atoms with Gasteiger partial charge in [0, 0.05) is 52.4 Å². The summed E-state index contributed by atoms with van der Waals surface area (Å²) in [6.07, 6.45) is 3.13. The first kappa shape index (κ1) is 19.5. The van der Waals surface area contributed by atoms with Crippen molar-refractivity contribution < 1.29 is 9.90 Å². The van der Waals surface area contributed by atoms with E-state index in [9.17, 15) is 9.90 Å². The van der Waals surface area contributed by atoms with Crippen LogP contribution in [-0.2, 0) is 0 Å². The number of aliphatic hydroxyl groups is 1. The van der Waals surface area contributed by atoms with Gasteiger partial charge in [0.1, 0.15) is 0 Å². The summed E-state index contributed by atoms with van der Waals surface area (Å²) >= 11 is 0. The molecule has 4 atom stereocenters. The van der Waals surface area contributed by atoms with E-state index < -0.39 is 6.10 Å². The van der Waals surface area contributed by atoms with E-state index in [1.165, 1.54) is 19.3 Å². The van der Waals surface area contributed by atoms with E-state index in [0.29, 0.717) is 24.9 Å². The Kier molecular flexibility index (Phi) is 7.32. The number of likely N-dealkylation sites (N-methyl/N-ethyl adjacent to an activating group) is 2. The molecule has 1 aliphatic carbocycles. The highest BCUT2D eigenvalue weighted by Gasteiger charge is 2.30. The number of carbonyl (C=O) groups excluding carboxylic acids is 1. The quantitative estimate of drug-likeness (QED) is 0.786. The Bertz CT molecular complexity index is 388. The molecule has 2 fully saturated rings. The fourth-order valence-corrected chi connectivity index (χ4v) is 4.00. The molecule has 1 unspecified atom stereocenters. The number of urea groups is 1. The number of hydrogen-bond acceptors (Lipinski definition) is 4. The minimum absolute atomic E-state index is 0.0574. The van der Waals surface area contributed by atoms with Gasteiger partial charge in [0.05, 0.1) is 6.10 Å². The third-order valence-electron chi connectivity index (χ3n) is 5.73. The van der Waals surface area contributed by atoms with Crippen molar-refractivity contribution in [3.05, 3.63) is 0 Å².